The van der Waals surface area contributed by atoms with E-state index in [1.807, 2.05) is 0 Å². The molecule has 0 unspecified atom stereocenters. The standard InChI is InChI=1S/C16H22Si2/c1-7-17(5,8-2)15-12-11-13-16(14-15)18(6,9-3)10-4/h7-14H,1-4H2,5-6H3. The van der Waals surface area contributed by atoms with E-state index in [0.717, 1.165) is 0 Å². The zero-order chi connectivity index (χ0) is 13.8. The average Bonchev–Trinajstić information content (AvgIpc) is 2.45. The molecular weight excluding hydrogens is 248 g/mol. The van der Waals surface area contributed by atoms with Gasteiger partial charge in [-0.3, -0.25) is 0 Å². The van der Waals surface area contributed by atoms with E-state index in [2.05, 4.69) is 86.5 Å². The first-order valence-electron chi connectivity index (χ1n) is 6.11. The minimum Gasteiger partial charge on any atom is -0.106 e. The third-order valence-corrected chi connectivity index (χ3v) is 10.3. The predicted molar refractivity (Wildman–Crippen MR) is 89.7 cm³/mol. The summed E-state index contributed by atoms with van der Waals surface area (Å²) in [6, 6.07) is 8.78. The molecule has 94 valence electrons. The Labute approximate surface area is 113 Å². The summed E-state index contributed by atoms with van der Waals surface area (Å²) in [7, 11) is -3.46. The molecule has 0 aliphatic rings. The third kappa shape index (κ3) is 2.55. The Morgan fingerprint density at radius 2 is 1.11 bits per heavy atom. The van der Waals surface area contributed by atoms with Crippen molar-refractivity contribution in [2.45, 2.75) is 13.1 Å². The summed E-state index contributed by atoms with van der Waals surface area (Å²) in [6.07, 6.45) is 0. The van der Waals surface area contributed by atoms with Gasteiger partial charge in [-0.15, -0.1) is 26.3 Å². The lowest BCUT2D eigenvalue weighted by atomic mass is 10.4. The molecule has 0 N–H and O–H groups in total. The molecule has 0 radical (unpaired) electrons. The molecule has 0 atom stereocenters. The molecular formula is C16H22Si2. The Morgan fingerprint density at radius 1 is 0.778 bits per heavy atom. The van der Waals surface area contributed by atoms with Gasteiger partial charge in [0.1, 0.15) is 16.1 Å². The summed E-state index contributed by atoms with van der Waals surface area (Å²) in [4.78, 5) is 0. The molecule has 0 aliphatic carbocycles. The summed E-state index contributed by atoms with van der Waals surface area (Å²) in [5.41, 5.74) is 8.28. The smallest absolute Gasteiger partial charge is 0.106 e. The van der Waals surface area contributed by atoms with Crippen molar-refractivity contribution < 1.29 is 0 Å². The van der Waals surface area contributed by atoms with Crippen LogP contribution in [0.2, 0.25) is 13.1 Å². The van der Waals surface area contributed by atoms with Gasteiger partial charge >= 0.3 is 0 Å². The molecule has 0 nitrogen and oxygen atoms in total. The van der Waals surface area contributed by atoms with Crippen molar-refractivity contribution >= 4 is 26.5 Å². The van der Waals surface area contributed by atoms with Gasteiger partial charge in [0.15, 0.2) is 0 Å². The zero-order valence-corrected chi connectivity index (χ0v) is 13.4. The normalized spacial score (nSPS) is 11.7. The maximum atomic E-state index is 3.97. The minimum absolute atomic E-state index is 1.35. The van der Waals surface area contributed by atoms with Gasteiger partial charge in [-0.25, -0.2) is 0 Å². The number of hydrogen-bond acceptors (Lipinski definition) is 0. The van der Waals surface area contributed by atoms with Crippen LogP contribution in [0.1, 0.15) is 0 Å². The van der Waals surface area contributed by atoms with Gasteiger partial charge in [-0.05, 0) is 0 Å². The van der Waals surface area contributed by atoms with Crippen molar-refractivity contribution in [1.82, 2.24) is 0 Å². The Balaban J connectivity index is 3.38. The first-order valence-corrected chi connectivity index (χ1v) is 11.4. The highest BCUT2D eigenvalue weighted by molar-refractivity contribution is 7.01. The molecule has 0 amide bonds. The van der Waals surface area contributed by atoms with Gasteiger partial charge in [0.05, 0.1) is 0 Å². The Bertz CT molecular complexity index is 428. The molecule has 0 aliphatic heterocycles. The summed E-state index contributed by atoms with van der Waals surface area (Å²) < 4.78 is 0. The van der Waals surface area contributed by atoms with Crippen LogP contribution in [0.15, 0.2) is 73.4 Å². The van der Waals surface area contributed by atoms with Crippen LogP contribution < -0.4 is 10.4 Å². The summed E-state index contributed by atoms with van der Waals surface area (Å²) in [5, 5.41) is 2.71. The van der Waals surface area contributed by atoms with Crippen molar-refractivity contribution in [2.75, 3.05) is 0 Å². The molecule has 1 rings (SSSR count). The van der Waals surface area contributed by atoms with Gasteiger partial charge in [0.25, 0.3) is 0 Å². The lowest BCUT2D eigenvalue weighted by Gasteiger charge is -2.24. The fraction of sp³-hybridized carbons (Fsp3) is 0.125. The Hall–Kier alpha value is -1.39. The van der Waals surface area contributed by atoms with Gasteiger partial charge < -0.3 is 0 Å². The SMILES string of the molecule is C=C[Si](C)(C=C)c1cccc([Si](C)(C=C)C=C)c1. The second-order valence-corrected chi connectivity index (χ2v) is 12.9. The molecule has 0 heterocycles. The number of hydrogen-bond donors (Lipinski definition) is 0. The van der Waals surface area contributed by atoms with Crippen LogP contribution in [0.4, 0.5) is 0 Å². The maximum Gasteiger partial charge on any atom is 0.129 e. The van der Waals surface area contributed by atoms with Gasteiger partial charge in [-0.2, -0.15) is 0 Å². The molecule has 0 saturated heterocycles. The average molecular weight is 271 g/mol. The van der Waals surface area contributed by atoms with E-state index >= 15 is 0 Å². The van der Waals surface area contributed by atoms with Crippen molar-refractivity contribution in [3.05, 3.63) is 73.4 Å². The highest BCUT2D eigenvalue weighted by atomic mass is 28.3. The van der Waals surface area contributed by atoms with Crippen molar-refractivity contribution in [3.8, 4) is 0 Å². The predicted octanol–water partition coefficient (Wildman–Crippen LogP) is 3.16. The molecule has 0 bridgehead atoms. The first kappa shape index (κ1) is 14.7. The number of rotatable bonds is 6. The van der Waals surface area contributed by atoms with E-state index in [9.17, 15) is 0 Å². The van der Waals surface area contributed by atoms with E-state index < -0.39 is 16.1 Å². The van der Waals surface area contributed by atoms with Crippen LogP contribution in [0.25, 0.3) is 0 Å². The van der Waals surface area contributed by atoms with Crippen LogP contribution in [-0.4, -0.2) is 16.1 Å². The zero-order valence-electron chi connectivity index (χ0n) is 11.4. The molecule has 2 heteroatoms. The monoisotopic (exact) mass is 270 g/mol. The first-order chi connectivity index (χ1) is 8.45. The fourth-order valence-electron chi connectivity index (χ4n) is 1.83. The molecule has 0 aromatic heterocycles. The van der Waals surface area contributed by atoms with E-state index in [-0.39, 0.29) is 0 Å². The van der Waals surface area contributed by atoms with Gasteiger partial charge in [0, 0.05) is 0 Å². The van der Waals surface area contributed by atoms with E-state index in [4.69, 9.17) is 0 Å². The summed E-state index contributed by atoms with van der Waals surface area (Å²) >= 11 is 0. The van der Waals surface area contributed by atoms with Crippen LogP contribution in [0, 0.1) is 0 Å². The lowest BCUT2D eigenvalue weighted by Crippen LogP contribution is -2.47. The highest BCUT2D eigenvalue weighted by Crippen LogP contribution is 2.09. The van der Waals surface area contributed by atoms with E-state index in [0.29, 0.717) is 0 Å². The van der Waals surface area contributed by atoms with Gasteiger partial charge in [0.2, 0.25) is 0 Å². The van der Waals surface area contributed by atoms with E-state index in [1.165, 1.54) is 10.4 Å². The second-order valence-electron chi connectivity index (χ2n) is 4.96. The van der Waals surface area contributed by atoms with Crippen LogP contribution in [0.3, 0.4) is 0 Å². The van der Waals surface area contributed by atoms with E-state index in [1.54, 1.807) is 0 Å². The van der Waals surface area contributed by atoms with Crippen molar-refractivity contribution in [1.29, 1.82) is 0 Å². The second kappa shape index (κ2) is 5.50. The topological polar surface area (TPSA) is 0 Å². The van der Waals surface area contributed by atoms with Crippen LogP contribution in [-0.2, 0) is 0 Å². The fourth-order valence-corrected chi connectivity index (χ4v) is 5.09. The highest BCUT2D eigenvalue weighted by Gasteiger charge is 2.26. The maximum absolute atomic E-state index is 3.97. The minimum atomic E-state index is -1.73. The Morgan fingerprint density at radius 3 is 1.39 bits per heavy atom. The Kier molecular flexibility index (Phi) is 4.49. The molecule has 0 saturated carbocycles. The quantitative estimate of drug-likeness (QED) is 0.697. The molecule has 1 aromatic carbocycles. The molecule has 1 aromatic rings. The third-order valence-electron chi connectivity index (χ3n) is 3.80. The number of benzene rings is 1. The van der Waals surface area contributed by atoms with Crippen LogP contribution >= 0.6 is 0 Å². The van der Waals surface area contributed by atoms with Crippen molar-refractivity contribution in [3.63, 3.8) is 0 Å². The van der Waals surface area contributed by atoms with Gasteiger partial charge in [-0.1, -0.05) is 70.5 Å². The van der Waals surface area contributed by atoms with Crippen molar-refractivity contribution in [2.24, 2.45) is 0 Å². The molecule has 18 heavy (non-hydrogen) atoms. The summed E-state index contributed by atoms with van der Waals surface area (Å²) in [6.45, 7) is 20.4. The summed E-state index contributed by atoms with van der Waals surface area (Å²) in [5.74, 6) is 0. The molecule has 0 spiro atoms. The lowest BCUT2D eigenvalue weighted by molar-refractivity contribution is 1.74. The van der Waals surface area contributed by atoms with Crippen LogP contribution in [0.5, 0.6) is 0 Å². The largest absolute Gasteiger partial charge is 0.129 e. The molecule has 0 fully saturated rings.